The monoisotopic (exact) mass is 535 g/mol. The number of aliphatic imine (C=N–C) groups is 1. The van der Waals surface area contributed by atoms with E-state index in [0.29, 0.717) is 37.1 Å². The molecule has 4 rings (SSSR count). The number of amidine groups is 1. The number of likely N-dealkylation sites (tertiary alicyclic amines) is 1. The Kier molecular flexibility index (Phi) is 8.15. The number of anilines is 1. The van der Waals surface area contributed by atoms with Gasteiger partial charge in [0.15, 0.2) is 26.2 Å². The minimum absolute atomic E-state index is 0.127. The Bertz CT molecular complexity index is 1220. The molecule has 2 aromatic rings. The molecule has 3 heterocycles. The number of aliphatic hydroxyl groups is 1. The minimum Gasteiger partial charge on any atom is -0.469 e. The fraction of sp³-hybridized carbons (Fsp3) is 0.429. The Morgan fingerprint density at radius 2 is 1.82 bits per heavy atom. The number of nitrogens with zero attached hydrogens (tertiary/aromatic N) is 5. The molecule has 202 valence electrons. The van der Waals surface area contributed by atoms with Crippen LogP contribution >= 0.6 is 0 Å². The van der Waals surface area contributed by atoms with Crippen LogP contribution in [0, 0.1) is 5.92 Å². The molecule has 1 atom stereocenters. The molecular formula is C28H37N5O4Si. The zero-order chi connectivity index (χ0) is 27.5. The smallest absolute Gasteiger partial charge is 0.312 e. The van der Waals surface area contributed by atoms with Crippen molar-refractivity contribution in [1.29, 1.82) is 0 Å². The number of hydrogen-bond donors (Lipinski definition) is 1. The normalized spacial score (nSPS) is 18.8. The lowest BCUT2D eigenvalue weighted by atomic mass is 9.99. The van der Waals surface area contributed by atoms with Crippen LogP contribution in [0.5, 0.6) is 0 Å². The second-order valence-electron chi connectivity index (χ2n) is 11.0. The van der Waals surface area contributed by atoms with E-state index >= 15 is 0 Å². The molecule has 2 aliphatic rings. The van der Waals surface area contributed by atoms with Gasteiger partial charge in [0, 0.05) is 42.9 Å². The molecular weight excluding hydrogens is 498 g/mol. The highest BCUT2D eigenvalue weighted by molar-refractivity contribution is 6.74. The number of methoxy groups -OCH3 is 1. The Balaban J connectivity index is 1.56. The number of carbonyl (C=O) groups excluding carboxylic acids is 1. The SMILES string of the molecule is COC(=O)C1CN(C2=NC(/C=C/CO[Si](C)(C)C(C)(C)C)=CN(c3ccc(-c4ncccn4)cc3)C2O)C1. The number of hydrogen-bond acceptors (Lipinski definition) is 9. The van der Waals surface area contributed by atoms with Crippen molar-refractivity contribution in [2.75, 3.05) is 31.7 Å². The second kappa shape index (κ2) is 11.2. The van der Waals surface area contributed by atoms with Gasteiger partial charge in [0.1, 0.15) is 0 Å². The summed E-state index contributed by atoms with van der Waals surface area (Å²) in [7, 11) is -0.481. The molecule has 1 N–H and O–H groups in total. The summed E-state index contributed by atoms with van der Waals surface area (Å²) in [5.41, 5.74) is 2.35. The van der Waals surface area contributed by atoms with Gasteiger partial charge in [-0.05, 0) is 54.5 Å². The van der Waals surface area contributed by atoms with Crippen LogP contribution in [0.2, 0.25) is 18.1 Å². The van der Waals surface area contributed by atoms with Gasteiger partial charge in [-0.2, -0.15) is 0 Å². The first-order valence-corrected chi connectivity index (χ1v) is 15.7. The highest BCUT2D eigenvalue weighted by Gasteiger charge is 2.40. The van der Waals surface area contributed by atoms with Crippen molar-refractivity contribution in [3.63, 3.8) is 0 Å². The highest BCUT2D eigenvalue weighted by atomic mass is 28.4. The van der Waals surface area contributed by atoms with Crippen molar-refractivity contribution in [3.8, 4) is 11.4 Å². The fourth-order valence-corrected chi connectivity index (χ4v) is 4.89. The third kappa shape index (κ3) is 6.03. The summed E-state index contributed by atoms with van der Waals surface area (Å²) in [4.78, 5) is 29.0. The molecule has 1 aromatic carbocycles. The molecule has 0 amide bonds. The van der Waals surface area contributed by atoms with E-state index in [4.69, 9.17) is 14.2 Å². The largest absolute Gasteiger partial charge is 0.469 e. The topological polar surface area (TPSA) is 100 Å². The van der Waals surface area contributed by atoms with E-state index in [9.17, 15) is 9.90 Å². The number of ether oxygens (including phenoxy) is 1. The number of carbonyl (C=O) groups is 1. The third-order valence-electron chi connectivity index (χ3n) is 7.37. The van der Waals surface area contributed by atoms with Crippen LogP contribution in [-0.4, -0.2) is 73.1 Å². The van der Waals surface area contributed by atoms with E-state index < -0.39 is 14.5 Å². The van der Waals surface area contributed by atoms with E-state index in [0.717, 1.165) is 11.3 Å². The van der Waals surface area contributed by atoms with E-state index in [-0.39, 0.29) is 16.9 Å². The van der Waals surface area contributed by atoms with Crippen molar-refractivity contribution >= 4 is 25.8 Å². The van der Waals surface area contributed by atoms with Gasteiger partial charge in [-0.25, -0.2) is 15.0 Å². The van der Waals surface area contributed by atoms with Gasteiger partial charge >= 0.3 is 5.97 Å². The molecule has 9 nitrogen and oxygen atoms in total. The van der Waals surface area contributed by atoms with Crippen molar-refractivity contribution in [2.45, 2.75) is 45.1 Å². The predicted octanol–water partition coefficient (Wildman–Crippen LogP) is 4.20. The summed E-state index contributed by atoms with van der Waals surface area (Å²) < 4.78 is 11.1. The highest BCUT2D eigenvalue weighted by Crippen LogP contribution is 2.36. The predicted molar refractivity (Wildman–Crippen MR) is 151 cm³/mol. The molecule has 0 spiro atoms. The van der Waals surface area contributed by atoms with Crippen LogP contribution in [0.15, 0.2) is 71.8 Å². The molecule has 0 radical (unpaired) electrons. The molecule has 1 aromatic heterocycles. The van der Waals surface area contributed by atoms with E-state index in [1.165, 1.54) is 7.11 Å². The zero-order valence-electron chi connectivity index (χ0n) is 23.0. The maximum Gasteiger partial charge on any atom is 0.312 e. The van der Waals surface area contributed by atoms with Crippen LogP contribution < -0.4 is 4.90 Å². The van der Waals surface area contributed by atoms with Gasteiger partial charge in [0.25, 0.3) is 0 Å². The maximum atomic E-state index is 11.9. The number of allylic oxidation sites excluding steroid dienone is 1. The van der Waals surface area contributed by atoms with Crippen LogP contribution in [0.25, 0.3) is 11.4 Å². The van der Waals surface area contributed by atoms with Gasteiger partial charge < -0.3 is 24.1 Å². The first-order chi connectivity index (χ1) is 18.0. The van der Waals surface area contributed by atoms with Crippen LogP contribution in [0.4, 0.5) is 5.69 Å². The van der Waals surface area contributed by atoms with Crippen molar-refractivity contribution in [3.05, 3.63) is 66.8 Å². The average Bonchev–Trinajstić information content (AvgIpc) is 2.87. The summed E-state index contributed by atoms with van der Waals surface area (Å²) >= 11 is 0. The van der Waals surface area contributed by atoms with Crippen molar-refractivity contribution in [2.24, 2.45) is 10.9 Å². The molecule has 2 aliphatic heterocycles. The second-order valence-corrected chi connectivity index (χ2v) is 15.8. The van der Waals surface area contributed by atoms with E-state index in [1.54, 1.807) is 23.4 Å². The molecule has 10 heteroatoms. The summed E-state index contributed by atoms with van der Waals surface area (Å²) in [6.45, 7) is 12.5. The molecule has 1 unspecified atom stereocenters. The Morgan fingerprint density at radius 3 is 2.42 bits per heavy atom. The molecule has 0 aliphatic carbocycles. The summed E-state index contributed by atoms with van der Waals surface area (Å²) in [6, 6.07) is 9.47. The van der Waals surface area contributed by atoms with E-state index in [1.807, 2.05) is 47.5 Å². The number of esters is 1. The van der Waals surface area contributed by atoms with Crippen molar-refractivity contribution in [1.82, 2.24) is 14.9 Å². The lowest BCUT2D eigenvalue weighted by Crippen LogP contribution is -2.59. The number of benzene rings is 1. The third-order valence-corrected chi connectivity index (χ3v) is 11.9. The van der Waals surface area contributed by atoms with E-state index in [2.05, 4.69) is 43.8 Å². The maximum absolute atomic E-state index is 11.9. The molecule has 0 saturated carbocycles. The van der Waals surface area contributed by atoms with Gasteiger partial charge in [-0.15, -0.1) is 0 Å². The lowest BCUT2D eigenvalue weighted by molar-refractivity contribution is -0.149. The van der Waals surface area contributed by atoms with Gasteiger partial charge in [-0.3, -0.25) is 4.79 Å². The first-order valence-electron chi connectivity index (χ1n) is 12.8. The summed E-state index contributed by atoms with van der Waals surface area (Å²) in [6.07, 6.45) is 8.11. The lowest BCUT2D eigenvalue weighted by Gasteiger charge is -2.44. The summed E-state index contributed by atoms with van der Waals surface area (Å²) in [5.74, 6) is 0.654. The Labute approximate surface area is 225 Å². The van der Waals surface area contributed by atoms with Crippen LogP contribution in [-0.2, 0) is 14.0 Å². The fourth-order valence-electron chi connectivity index (χ4n) is 3.94. The van der Waals surface area contributed by atoms with Crippen LogP contribution in [0.3, 0.4) is 0 Å². The summed E-state index contributed by atoms with van der Waals surface area (Å²) in [5, 5.41) is 11.4. The van der Waals surface area contributed by atoms with Crippen molar-refractivity contribution < 1.29 is 19.1 Å². The molecule has 1 saturated heterocycles. The number of aromatic nitrogens is 2. The Hall–Kier alpha value is -3.34. The quantitative estimate of drug-likeness (QED) is 0.416. The Morgan fingerprint density at radius 1 is 1.16 bits per heavy atom. The molecule has 0 bridgehead atoms. The number of rotatable bonds is 7. The first kappa shape index (κ1) is 27.7. The average molecular weight is 536 g/mol. The van der Waals surface area contributed by atoms with Gasteiger partial charge in [0.2, 0.25) is 0 Å². The van der Waals surface area contributed by atoms with Crippen LogP contribution in [0.1, 0.15) is 20.8 Å². The standard InChI is InChI=1S/C28H37N5O4Si/c1-28(2,3)38(5,6)37-16-7-9-22-19-33(23-12-10-20(11-13-23)24-29-14-8-15-30-24)26(34)25(31-22)32-17-21(18-32)27(35)36-4/h7-15,19,21,26,34H,16-18H2,1-6H3/b9-7+. The molecule has 38 heavy (non-hydrogen) atoms. The number of aliphatic hydroxyl groups excluding tert-OH is 1. The van der Waals surface area contributed by atoms with Gasteiger partial charge in [0.05, 0.1) is 25.3 Å². The van der Waals surface area contributed by atoms with Gasteiger partial charge in [-0.1, -0.05) is 26.8 Å². The minimum atomic E-state index is -1.87. The molecule has 1 fully saturated rings. The zero-order valence-corrected chi connectivity index (χ0v) is 24.0.